The van der Waals surface area contributed by atoms with Crippen LogP contribution in [0.2, 0.25) is 5.02 Å². The summed E-state index contributed by atoms with van der Waals surface area (Å²) in [7, 11) is 0. The zero-order valence-electron chi connectivity index (χ0n) is 16.8. The maximum absolute atomic E-state index is 12.9. The number of rotatable bonds is 6. The number of nitrogens with one attached hydrogen (secondary N) is 1. The summed E-state index contributed by atoms with van der Waals surface area (Å²) in [4.78, 5) is 12.6. The molecule has 0 atom stereocenters. The molecule has 3 rings (SSSR count). The summed E-state index contributed by atoms with van der Waals surface area (Å²) in [5, 5.41) is 12.2. The number of nitriles is 1. The van der Waals surface area contributed by atoms with Crippen molar-refractivity contribution in [2.45, 2.75) is 12.8 Å². The number of nitrogens with zero attached hydrogens (tertiary/aromatic N) is 1. The van der Waals surface area contributed by atoms with E-state index in [1.165, 1.54) is 24.3 Å². The number of alkyl halides is 3. The largest absolute Gasteiger partial charge is 0.488 e. The number of hydrogen-bond donors (Lipinski definition) is 1. The van der Waals surface area contributed by atoms with E-state index >= 15 is 0 Å². The Hall–Kier alpha value is -3.28. The van der Waals surface area contributed by atoms with Crippen molar-refractivity contribution in [2.75, 3.05) is 5.32 Å². The molecule has 1 N–H and O–H groups in total. The number of halogens is 5. The standard InChI is InChI=1S/C24H15BrClF3N2O2/c25-21-7-2-1-4-15(21)14-33-22-9-8-19(26)11-16(22)10-17(13-30)23(32)31-20-6-3-5-18(12-20)24(27,28)29/h1-12H,14H2,(H,31,32)/b17-10+. The maximum atomic E-state index is 12.9. The summed E-state index contributed by atoms with van der Waals surface area (Å²) in [6.45, 7) is 0.211. The van der Waals surface area contributed by atoms with Crippen molar-refractivity contribution < 1.29 is 22.7 Å². The first-order valence-electron chi connectivity index (χ1n) is 9.43. The first-order chi connectivity index (χ1) is 15.7. The number of ether oxygens (including phenoxy) is 1. The Morgan fingerprint density at radius 3 is 2.58 bits per heavy atom. The smallest absolute Gasteiger partial charge is 0.416 e. The van der Waals surface area contributed by atoms with Gasteiger partial charge in [-0.15, -0.1) is 0 Å². The second-order valence-corrected chi connectivity index (χ2v) is 8.06. The van der Waals surface area contributed by atoms with Crippen molar-refractivity contribution in [3.05, 3.63) is 98.5 Å². The normalized spacial score (nSPS) is 11.6. The fourth-order valence-corrected chi connectivity index (χ4v) is 3.39. The van der Waals surface area contributed by atoms with E-state index in [1.54, 1.807) is 18.2 Å². The molecule has 0 aromatic heterocycles. The summed E-state index contributed by atoms with van der Waals surface area (Å²) in [5.74, 6) is -0.497. The molecule has 1 amide bonds. The first-order valence-corrected chi connectivity index (χ1v) is 10.6. The minimum Gasteiger partial charge on any atom is -0.488 e. The Morgan fingerprint density at radius 1 is 1.12 bits per heavy atom. The second kappa shape index (κ2) is 10.6. The van der Waals surface area contributed by atoms with Crippen molar-refractivity contribution in [2.24, 2.45) is 0 Å². The average molecular weight is 536 g/mol. The van der Waals surface area contributed by atoms with E-state index in [0.717, 1.165) is 22.2 Å². The highest BCUT2D eigenvalue weighted by Crippen LogP contribution is 2.31. The van der Waals surface area contributed by atoms with Gasteiger partial charge in [-0.05, 0) is 48.5 Å². The van der Waals surface area contributed by atoms with Crippen molar-refractivity contribution >= 4 is 45.2 Å². The van der Waals surface area contributed by atoms with E-state index < -0.39 is 17.6 Å². The van der Waals surface area contributed by atoms with Crippen LogP contribution < -0.4 is 10.1 Å². The quantitative estimate of drug-likeness (QED) is 0.267. The minimum absolute atomic E-state index is 0.0903. The van der Waals surface area contributed by atoms with Crippen LogP contribution in [0.25, 0.3) is 6.08 Å². The van der Waals surface area contributed by atoms with Crippen LogP contribution in [0.3, 0.4) is 0 Å². The van der Waals surface area contributed by atoms with E-state index in [9.17, 15) is 23.2 Å². The van der Waals surface area contributed by atoms with Gasteiger partial charge in [0.05, 0.1) is 5.56 Å². The van der Waals surface area contributed by atoms with E-state index in [-0.39, 0.29) is 17.9 Å². The number of carbonyl (C=O) groups is 1. The van der Waals surface area contributed by atoms with Gasteiger partial charge in [-0.2, -0.15) is 18.4 Å². The molecule has 0 spiro atoms. The van der Waals surface area contributed by atoms with Crippen LogP contribution in [0, 0.1) is 11.3 Å². The lowest BCUT2D eigenvalue weighted by atomic mass is 10.1. The van der Waals surface area contributed by atoms with Gasteiger partial charge >= 0.3 is 6.18 Å². The summed E-state index contributed by atoms with van der Waals surface area (Å²) < 4.78 is 45.5. The van der Waals surface area contributed by atoms with Crippen LogP contribution in [-0.4, -0.2) is 5.91 Å². The lowest BCUT2D eigenvalue weighted by Crippen LogP contribution is -2.14. The van der Waals surface area contributed by atoms with Crippen LogP contribution >= 0.6 is 27.5 Å². The number of carbonyl (C=O) groups excluding carboxylic acids is 1. The number of anilines is 1. The highest BCUT2D eigenvalue weighted by molar-refractivity contribution is 9.10. The molecule has 0 radical (unpaired) electrons. The van der Waals surface area contributed by atoms with Crippen LogP contribution in [0.4, 0.5) is 18.9 Å². The summed E-state index contributed by atoms with van der Waals surface area (Å²) >= 11 is 9.51. The van der Waals surface area contributed by atoms with Gasteiger partial charge in [0.1, 0.15) is 24.0 Å². The molecule has 0 saturated heterocycles. The molecular formula is C24H15BrClF3N2O2. The van der Waals surface area contributed by atoms with Crippen molar-refractivity contribution in [1.29, 1.82) is 5.26 Å². The highest BCUT2D eigenvalue weighted by atomic mass is 79.9. The third kappa shape index (κ3) is 6.60. The van der Waals surface area contributed by atoms with Crippen molar-refractivity contribution in [3.63, 3.8) is 0 Å². The van der Waals surface area contributed by atoms with Crippen molar-refractivity contribution in [3.8, 4) is 11.8 Å². The predicted molar refractivity (Wildman–Crippen MR) is 124 cm³/mol. The first kappa shape index (κ1) is 24.4. The molecule has 0 saturated carbocycles. The second-order valence-electron chi connectivity index (χ2n) is 6.76. The van der Waals surface area contributed by atoms with Gasteiger partial charge in [0.25, 0.3) is 5.91 Å². The topological polar surface area (TPSA) is 62.1 Å². The van der Waals surface area contributed by atoms with E-state index in [0.29, 0.717) is 16.3 Å². The molecule has 0 heterocycles. The van der Waals surface area contributed by atoms with Crippen molar-refractivity contribution in [1.82, 2.24) is 0 Å². The monoisotopic (exact) mass is 534 g/mol. The fourth-order valence-electron chi connectivity index (χ4n) is 2.81. The molecule has 0 aliphatic heterocycles. The van der Waals surface area contributed by atoms with Gasteiger partial charge in [-0.1, -0.05) is 51.8 Å². The Balaban J connectivity index is 1.84. The van der Waals surface area contributed by atoms with Crippen LogP contribution in [0.15, 0.2) is 76.8 Å². The Morgan fingerprint density at radius 2 is 1.88 bits per heavy atom. The molecule has 0 fully saturated rings. The molecule has 0 aliphatic carbocycles. The van der Waals surface area contributed by atoms with Gasteiger partial charge in [-0.25, -0.2) is 0 Å². The lowest BCUT2D eigenvalue weighted by Gasteiger charge is -2.12. The Kier molecular flexibility index (Phi) is 7.79. The molecule has 4 nitrogen and oxygen atoms in total. The Bertz CT molecular complexity index is 1250. The number of hydrogen-bond acceptors (Lipinski definition) is 3. The summed E-state index contributed by atoms with van der Waals surface area (Å²) in [5.41, 5.74) is -0.0938. The molecule has 9 heteroatoms. The zero-order valence-corrected chi connectivity index (χ0v) is 19.1. The highest BCUT2D eigenvalue weighted by Gasteiger charge is 2.30. The van der Waals surface area contributed by atoms with E-state index in [1.807, 2.05) is 24.3 Å². The fraction of sp³-hybridized carbons (Fsp3) is 0.0833. The molecule has 33 heavy (non-hydrogen) atoms. The average Bonchev–Trinajstić information content (AvgIpc) is 2.77. The molecular weight excluding hydrogens is 521 g/mol. The van der Waals surface area contributed by atoms with Gasteiger partial charge < -0.3 is 10.1 Å². The van der Waals surface area contributed by atoms with Crippen LogP contribution in [-0.2, 0) is 17.6 Å². The van der Waals surface area contributed by atoms with E-state index in [2.05, 4.69) is 21.2 Å². The maximum Gasteiger partial charge on any atom is 0.416 e. The van der Waals surface area contributed by atoms with Gasteiger partial charge in [0.2, 0.25) is 0 Å². The number of benzene rings is 3. The van der Waals surface area contributed by atoms with Crippen LogP contribution in [0.5, 0.6) is 5.75 Å². The molecule has 168 valence electrons. The molecule has 0 bridgehead atoms. The summed E-state index contributed by atoms with van der Waals surface area (Å²) in [6, 6.07) is 18.1. The third-order valence-electron chi connectivity index (χ3n) is 4.43. The number of amides is 1. The molecule has 3 aromatic carbocycles. The zero-order chi connectivity index (χ0) is 24.0. The van der Waals surface area contributed by atoms with E-state index in [4.69, 9.17) is 16.3 Å². The summed E-state index contributed by atoms with van der Waals surface area (Å²) in [6.07, 6.45) is -3.29. The van der Waals surface area contributed by atoms with Gasteiger partial charge in [0.15, 0.2) is 0 Å². The van der Waals surface area contributed by atoms with Gasteiger partial charge in [0, 0.05) is 26.3 Å². The predicted octanol–water partition coefficient (Wildman–Crippen LogP) is 7.25. The minimum atomic E-state index is -4.56. The Labute approximate surface area is 201 Å². The van der Waals surface area contributed by atoms with Gasteiger partial charge in [-0.3, -0.25) is 4.79 Å². The third-order valence-corrected chi connectivity index (χ3v) is 5.43. The SMILES string of the molecule is N#C/C(=C\c1cc(Cl)ccc1OCc1ccccc1Br)C(=O)Nc1cccc(C(F)(F)F)c1. The molecule has 0 aliphatic rings. The molecule has 0 unspecified atom stereocenters. The van der Waals surface area contributed by atoms with Crippen LogP contribution in [0.1, 0.15) is 16.7 Å². The molecule has 3 aromatic rings. The lowest BCUT2D eigenvalue weighted by molar-refractivity contribution is -0.137.